The van der Waals surface area contributed by atoms with Crippen LogP contribution < -0.4 is 25.5 Å². The predicted octanol–water partition coefficient (Wildman–Crippen LogP) is 3.64. The first-order valence-corrected chi connectivity index (χ1v) is 10.5. The number of fused-ring (bicyclic) bond motifs is 1. The molecule has 1 amide bonds. The summed E-state index contributed by atoms with van der Waals surface area (Å²) in [5.74, 6) is -0.818. The van der Waals surface area contributed by atoms with Gasteiger partial charge in [0.1, 0.15) is 30.8 Å². The Kier molecular flexibility index (Phi) is 6.97. The normalized spacial score (nSPS) is 10.7. The Balaban J connectivity index is 1.49. The number of ether oxygens (including phenoxy) is 2. The van der Waals surface area contributed by atoms with Crippen LogP contribution in [0, 0.1) is 5.82 Å². The Morgan fingerprint density at radius 2 is 2.03 bits per heavy atom. The fourth-order valence-corrected chi connectivity index (χ4v) is 3.26. The molecule has 0 atom stereocenters. The summed E-state index contributed by atoms with van der Waals surface area (Å²) < 4.78 is 29.6. The van der Waals surface area contributed by atoms with Crippen molar-refractivity contribution >= 4 is 39.9 Å². The summed E-state index contributed by atoms with van der Waals surface area (Å²) in [5.41, 5.74) is 0.363. The standard InChI is InChI=1S/C23H18ClFN4O6/c1-33-19-8-16-13(22(28-11-27-16)29-12-2-3-15(25)14(24)6-12)7-20(19)34-5-4-26-23(32)21-9-17(30)18(31)10-35-21/h2-3,6-11,31H,4-5H2,1H3,(H,26,32)(H,27,28,29). The van der Waals surface area contributed by atoms with E-state index < -0.39 is 22.9 Å². The van der Waals surface area contributed by atoms with Gasteiger partial charge in [-0.15, -0.1) is 0 Å². The summed E-state index contributed by atoms with van der Waals surface area (Å²) in [5, 5.41) is 15.4. The summed E-state index contributed by atoms with van der Waals surface area (Å²) >= 11 is 5.86. The van der Waals surface area contributed by atoms with Crippen LogP contribution in [0.5, 0.6) is 17.2 Å². The van der Waals surface area contributed by atoms with Crippen molar-refractivity contribution in [3.05, 3.63) is 75.8 Å². The quantitative estimate of drug-likeness (QED) is 0.310. The molecule has 0 aliphatic rings. The third-order valence-corrected chi connectivity index (χ3v) is 5.07. The molecule has 35 heavy (non-hydrogen) atoms. The van der Waals surface area contributed by atoms with Crippen LogP contribution in [-0.4, -0.2) is 41.2 Å². The molecular formula is C23H18ClFN4O6. The number of carbonyl (C=O) groups is 1. The maximum Gasteiger partial charge on any atom is 0.287 e. The number of hydrogen-bond acceptors (Lipinski definition) is 9. The van der Waals surface area contributed by atoms with Gasteiger partial charge < -0.3 is 29.6 Å². The van der Waals surface area contributed by atoms with Gasteiger partial charge in [-0.3, -0.25) is 9.59 Å². The number of carbonyl (C=O) groups excluding carboxylic acids is 1. The first kappa shape index (κ1) is 23.8. The van der Waals surface area contributed by atoms with Crippen LogP contribution in [0.4, 0.5) is 15.9 Å². The maximum atomic E-state index is 13.5. The largest absolute Gasteiger partial charge is 0.502 e. The van der Waals surface area contributed by atoms with Crippen LogP contribution in [0.2, 0.25) is 5.02 Å². The highest BCUT2D eigenvalue weighted by Crippen LogP contribution is 2.35. The minimum absolute atomic E-state index is 0.0346. The van der Waals surface area contributed by atoms with Crippen molar-refractivity contribution in [2.75, 3.05) is 25.6 Å². The molecule has 10 nitrogen and oxygen atoms in total. The van der Waals surface area contributed by atoms with Gasteiger partial charge in [0.25, 0.3) is 5.91 Å². The third-order valence-electron chi connectivity index (χ3n) is 4.78. The van der Waals surface area contributed by atoms with E-state index >= 15 is 0 Å². The van der Waals surface area contributed by atoms with E-state index in [9.17, 15) is 19.1 Å². The zero-order valence-corrected chi connectivity index (χ0v) is 18.9. The SMILES string of the molecule is COc1cc2ncnc(Nc3ccc(F)c(Cl)c3)c2cc1OCCNC(=O)c1cc(=O)c(O)co1. The highest BCUT2D eigenvalue weighted by atomic mass is 35.5. The van der Waals surface area contributed by atoms with Gasteiger partial charge in [-0.25, -0.2) is 14.4 Å². The topological polar surface area (TPSA) is 136 Å². The molecule has 0 fully saturated rings. The monoisotopic (exact) mass is 500 g/mol. The number of amides is 1. The number of anilines is 2. The van der Waals surface area contributed by atoms with Crippen molar-refractivity contribution in [3.63, 3.8) is 0 Å². The summed E-state index contributed by atoms with van der Waals surface area (Å²) in [6, 6.07) is 8.42. The number of nitrogens with zero attached hydrogens (tertiary/aromatic N) is 2. The Bertz CT molecular complexity index is 1460. The maximum absolute atomic E-state index is 13.5. The second-order valence-corrected chi connectivity index (χ2v) is 7.50. The average Bonchev–Trinajstić information content (AvgIpc) is 2.85. The molecule has 3 N–H and O–H groups in total. The number of aromatic hydroxyl groups is 1. The lowest BCUT2D eigenvalue weighted by atomic mass is 10.2. The first-order valence-electron chi connectivity index (χ1n) is 10.1. The van der Waals surface area contributed by atoms with Gasteiger partial charge in [0.15, 0.2) is 23.0 Å². The molecule has 0 bridgehead atoms. The van der Waals surface area contributed by atoms with E-state index in [1.807, 2.05) is 0 Å². The molecule has 4 aromatic rings. The lowest BCUT2D eigenvalue weighted by molar-refractivity contribution is 0.0916. The van der Waals surface area contributed by atoms with Crippen molar-refractivity contribution < 1.29 is 28.2 Å². The van der Waals surface area contributed by atoms with Crippen LogP contribution in [0.15, 0.2) is 58.2 Å². The molecule has 0 spiro atoms. The zero-order valence-electron chi connectivity index (χ0n) is 18.2. The Hall–Kier alpha value is -4.38. The predicted molar refractivity (Wildman–Crippen MR) is 125 cm³/mol. The van der Waals surface area contributed by atoms with Crippen molar-refractivity contribution in [1.82, 2.24) is 15.3 Å². The van der Waals surface area contributed by atoms with Crippen LogP contribution in [0.3, 0.4) is 0 Å². The van der Waals surface area contributed by atoms with Crippen LogP contribution in [0.1, 0.15) is 10.6 Å². The van der Waals surface area contributed by atoms with Crippen molar-refractivity contribution in [2.45, 2.75) is 0 Å². The van der Waals surface area contributed by atoms with E-state index in [0.29, 0.717) is 33.9 Å². The number of halogens is 2. The summed E-state index contributed by atoms with van der Waals surface area (Å²) in [7, 11) is 1.48. The summed E-state index contributed by atoms with van der Waals surface area (Å²) in [4.78, 5) is 32.1. The molecule has 0 unspecified atom stereocenters. The molecule has 2 heterocycles. The molecule has 0 saturated carbocycles. The number of aromatic nitrogens is 2. The number of nitrogens with one attached hydrogen (secondary N) is 2. The second-order valence-electron chi connectivity index (χ2n) is 7.09. The van der Waals surface area contributed by atoms with Crippen LogP contribution >= 0.6 is 11.6 Å². The van der Waals surface area contributed by atoms with E-state index in [1.165, 1.54) is 31.6 Å². The first-order chi connectivity index (χ1) is 16.9. The van der Waals surface area contributed by atoms with Gasteiger partial charge in [0.2, 0.25) is 5.43 Å². The minimum atomic E-state index is -0.729. The molecule has 2 aromatic carbocycles. The average molecular weight is 501 g/mol. The highest BCUT2D eigenvalue weighted by molar-refractivity contribution is 6.31. The second kappa shape index (κ2) is 10.3. The van der Waals surface area contributed by atoms with Crippen molar-refractivity contribution in [1.29, 1.82) is 0 Å². The summed E-state index contributed by atoms with van der Waals surface area (Å²) in [6.45, 7) is 0.134. The van der Waals surface area contributed by atoms with Gasteiger partial charge >= 0.3 is 0 Å². The van der Waals surface area contributed by atoms with Crippen molar-refractivity contribution in [2.24, 2.45) is 0 Å². The van der Waals surface area contributed by atoms with Gasteiger partial charge in [0.05, 0.1) is 24.2 Å². The molecular weight excluding hydrogens is 483 g/mol. The Morgan fingerprint density at radius 3 is 2.77 bits per heavy atom. The summed E-state index contributed by atoms with van der Waals surface area (Å²) in [6.07, 6.45) is 2.16. The van der Waals surface area contributed by atoms with E-state index in [-0.39, 0.29) is 23.9 Å². The fourth-order valence-electron chi connectivity index (χ4n) is 3.08. The van der Waals surface area contributed by atoms with Crippen LogP contribution in [-0.2, 0) is 0 Å². The number of hydrogen-bond donors (Lipinski definition) is 3. The van der Waals surface area contributed by atoms with Crippen LogP contribution in [0.25, 0.3) is 10.9 Å². The minimum Gasteiger partial charge on any atom is -0.502 e. The third kappa shape index (κ3) is 5.41. The Morgan fingerprint density at radius 1 is 1.20 bits per heavy atom. The molecule has 4 rings (SSSR count). The Labute approximate surface area is 202 Å². The lowest BCUT2D eigenvalue weighted by Crippen LogP contribution is -2.28. The molecule has 0 radical (unpaired) electrons. The molecule has 0 aliphatic carbocycles. The molecule has 2 aromatic heterocycles. The van der Waals surface area contributed by atoms with Crippen molar-refractivity contribution in [3.8, 4) is 17.2 Å². The molecule has 12 heteroatoms. The van der Waals surface area contributed by atoms with E-state index in [4.69, 9.17) is 25.5 Å². The number of rotatable bonds is 8. The fraction of sp³-hybridized carbons (Fsp3) is 0.130. The molecule has 180 valence electrons. The zero-order chi connectivity index (χ0) is 24.9. The van der Waals surface area contributed by atoms with E-state index in [1.54, 1.807) is 12.1 Å². The van der Waals surface area contributed by atoms with Gasteiger partial charge in [-0.2, -0.15) is 0 Å². The number of methoxy groups -OCH3 is 1. The molecule has 0 aliphatic heterocycles. The molecule has 0 saturated heterocycles. The van der Waals surface area contributed by atoms with Gasteiger partial charge in [0, 0.05) is 23.2 Å². The smallest absolute Gasteiger partial charge is 0.287 e. The van der Waals surface area contributed by atoms with Gasteiger partial charge in [-0.1, -0.05) is 11.6 Å². The lowest BCUT2D eigenvalue weighted by Gasteiger charge is -2.14. The number of benzene rings is 2. The van der Waals surface area contributed by atoms with E-state index in [0.717, 1.165) is 12.3 Å². The van der Waals surface area contributed by atoms with E-state index in [2.05, 4.69) is 20.6 Å². The highest BCUT2D eigenvalue weighted by Gasteiger charge is 2.14. The van der Waals surface area contributed by atoms with Gasteiger partial charge in [-0.05, 0) is 24.3 Å².